The smallest absolute Gasteiger partial charge is 0.306 e. The standard InChI is InChI=1S/C15H19BrN4O2/c1-2-22-11(21)8-9-3-4-10(7-9)15-19-13(16)12-14(17)18-5-6-20(12)15/h5-6,9-10H,2-4,7-8H2,1H3,(H2,17,18). The maximum atomic E-state index is 11.6. The number of anilines is 1. The lowest BCUT2D eigenvalue weighted by molar-refractivity contribution is -0.144. The van der Waals surface area contributed by atoms with Gasteiger partial charge in [0, 0.05) is 24.7 Å². The first-order chi connectivity index (χ1) is 10.6. The Morgan fingerprint density at radius 2 is 2.36 bits per heavy atom. The molecule has 2 unspecified atom stereocenters. The zero-order chi connectivity index (χ0) is 15.7. The van der Waals surface area contributed by atoms with Gasteiger partial charge in [-0.1, -0.05) is 0 Å². The maximum absolute atomic E-state index is 11.6. The molecule has 3 rings (SSSR count). The second-order valence-corrected chi connectivity index (χ2v) is 6.43. The van der Waals surface area contributed by atoms with E-state index in [0.717, 1.165) is 35.2 Å². The molecule has 0 amide bonds. The van der Waals surface area contributed by atoms with Crippen molar-refractivity contribution < 1.29 is 9.53 Å². The lowest BCUT2D eigenvalue weighted by Gasteiger charge is -2.10. The van der Waals surface area contributed by atoms with Gasteiger partial charge in [-0.2, -0.15) is 0 Å². The number of fused-ring (bicyclic) bond motifs is 1. The van der Waals surface area contributed by atoms with Crippen LogP contribution in [-0.2, 0) is 9.53 Å². The van der Waals surface area contributed by atoms with E-state index in [1.807, 2.05) is 17.5 Å². The topological polar surface area (TPSA) is 82.5 Å². The van der Waals surface area contributed by atoms with Crippen molar-refractivity contribution in [1.29, 1.82) is 0 Å². The van der Waals surface area contributed by atoms with Crippen molar-refractivity contribution in [1.82, 2.24) is 14.4 Å². The summed E-state index contributed by atoms with van der Waals surface area (Å²) in [6, 6.07) is 0. The van der Waals surface area contributed by atoms with Gasteiger partial charge in [-0.3, -0.25) is 9.20 Å². The van der Waals surface area contributed by atoms with E-state index in [1.165, 1.54) is 0 Å². The molecule has 2 aromatic heterocycles. The number of aromatic nitrogens is 3. The summed E-state index contributed by atoms with van der Waals surface area (Å²) in [6.07, 6.45) is 7.07. The summed E-state index contributed by atoms with van der Waals surface area (Å²) in [5.74, 6) is 2.06. The van der Waals surface area contributed by atoms with Crippen molar-refractivity contribution >= 4 is 33.2 Å². The second kappa shape index (κ2) is 6.24. The molecule has 0 bridgehead atoms. The Labute approximate surface area is 137 Å². The summed E-state index contributed by atoms with van der Waals surface area (Å²) in [6.45, 7) is 2.28. The average molecular weight is 367 g/mol. The molecule has 2 N–H and O–H groups in total. The Bertz CT molecular complexity index is 700. The van der Waals surface area contributed by atoms with E-state index < -0.39 is 0 Å². The second-order valence-electron chi connectivity index (χ2n) is 5.68. The van der Waals surface area contributed by atoms with Gasteiger partial charge in [-0.15, -0.1) is 0 Å². The number of rotatable bonds is 4. The molecule has 1 saturated carbocycles. The highest BCUT2D eigenvalue weighted by Crippen LogP contribution is 2.40. The van der Waals surface area contributed by atoms with Crippen molar-refractivity contribution in [3.05, 3.63) is 22.8 Å². The van der Waals surface area contributed by atoms with E-state index in [-0.39, 0.29) is 5.97 Å². The quantitative estimate of drug-likeness (QED) is 0.841. The Hall–Kier alpha value is -1.63. The minimum atomic E-state index is -0.101. The van der Waals surface area contributed by atoms with Crippen LogP contribution >= 0.6 is 15.9 Å². The number of nitrogen functional groups attached to an aromatic ring is 1. The lowest BCUT2D eigenvalue weighted by Crippen LogP contribution is -2.10. The molecule has 6 nitrogen and oxygen atoms in total. The molecule has 0 saturated heterocycles. The fraction of sp³-hybridized carbons (Fsp3) is 0.533. The third kappa shape index (κ3) is 2.82. The number of esters is 1. The molecule has 1 aliphatic carbocycles. The first-order valence-corrected chi connectivity index (χ1v) is 8.33. The number of ether oxygens (including phenoxy) is 1. The summed E-state index contributed by atoms with van der Waals surface area (Å²) >= 11 is 3.47. The van der Waals surface area contributed by atoms with Gasteiger partial charge in [0.2, 0.25) is 0 Å². The number of hydrogen-bond acceptors (Lipinski definition) is 5. The Morgan fingerprint density at radius 1 is 1.55 bits per heavy atom. The number of hydrogen-bond donors (Lipinski definition) is 1. The predicted molar refractivity (Wildman–Crippen MR) is 86.4 cm³/mol. The fourth-order valence-corrected chi connectivity index (χ4v) is 3.86. The van der Waals surface area contributed by atoms with Gasteiger partial charge in [-0.25, -0.2) is 9.97 Å². The molecular formula is C15H19BrN4O2. The highest BCUT2D eigenvalue weighted by molar-refractivity contribution is 9.10. The molecule has 118 valence electrons. The molecule has 0 aromatic carbocycles. The van der Waals surface area contributed by atoms with Crippen LogP contribution in [0.5, 0.6) is 0 Å². The molecule has 0 radical (unpaired) electrons. The first kappa shape index (κ1) is 15.3. The summed E-state index contributed by atoms with van der Waals surface area (Å²) in [7, 11) is 0. The third-order valence-corrected chi connectivity index (χ3v) is 4.79. The van der Waals surface area contributed by atoms with Crippen LogP contribution in [0.15, 0.2) is 17.0 Å². The van der Waals surface area contributed by atoms with E-state index in [0.29, 0.717) is 30.7 Å². The van der Waals surface area contributed by atoms with E-state index in [2.05, 4.69) is 25.9 Å². The number of nitrogens with zero attached hydrogens (tertiary/aromatic N) is 3. The number of carbonyl (C=O) groups excluding carboxylic acids is 1. The van der Waals surface area contributed by atoms with Crippen LogP contribution in [0.4, 0.5) is 5.82 Å². The molecular weight excluding hydrogens is 348 g/mol. The van der Waals surface area contributed by atoms with Crippen LogP contribution in [0.25, 0.3) is 5.52 Å². The van der Waals surface area contributed by atoms with Gasteiger partial charge in [0.15, 0.2) is 5.82 Å². The lowest BCUT2D eigenvalue weighted by atomic mass is 10.0. The zero-order valence-electron chi connectivity index (χ0n) is 12.5. The van der Waals surface area contributed by atoms with Crippen LogP contribution < -0.4 is 5.73 Å². The maximum Gasteiger partial charge on any atom is 0.306 e. The molecule has 7 heteroatoms. The van der Waals surface area contributed by atoms with Crippen molar-refractivity contribution in [2.75, 3.05) is 12.3 Å². The van der Waals surface area contributed by atoms with Gasteiger partial charge >= 0.3 is 5.97 Å². The predicted octanol–water partition coefficient (Wildman–Crippen LogP) is 2.91. The fourth-order valence-electron chi connectivity index (χ4n) is 3.28. The van der Waals surface area contributed by atoms with Crippen LogP contribution in [0.1, 0.15) is 44.3 Å². The van der Waals surface area contributed by atoms with Crippen molar-refractivity contribution in [3.63, 3.8) is 0 Å². The van der Waals surface area contributed by atoms with Crippen molar-refractivity contribution in [2.45, 2.75) is 38.5 Å². The average Bonchev–Trinajstić information content (AvgIpc) is 3.05. The van der Waals surface area contributed by atoms with Crippen LogP contribution in [0.3, 0.4) is 0 Å². The SMILES string of the molecule is CCOC(=O)CC1CCC(c2nc(Br)c3c(N)nccn23)C1. The number of halogens is 1. The summed E-state index contributed by atoms with van der Waals surface area (Å²) < 4.78 is 7.77. The van der Waals surface area contributed by atoms with Crippen LogP contribution in [0.2, 0.25) is 0 Å². The largest absolute Gasteiger partial charge is 0.466 e. The van der Waals surface area contributed by atoms with Gasteiger partial charge in [0.05, 0.1) is 6.61 Å². The van der Waals surface area contributed by atoms with Gasteiger partial charge in [0.1, 0.15) is 15.9 Å². The molecule has 1 fully saturated rings. The van der Waals surface area contributed by atoms with Crippen molar-refractivity contribution in [3.8, 4) is 0 Å². The van der Waals surface area contributed by atoms with Gasteiger partial charge in [0.25, 0.3) is 0 Å². The number of imidazole rings is 1. The summed E-state index contributed by atoms with van der Waals surface area (Å²) in [5.41, 5.74) is 6.74. The van der Waals surface area contributed by atoms with E-state index in [4.69, 9.17) is 10.5 Å². The van der Waals surface area contributed by atoms with E-state index >= 15 is 0 Å². The minimum Gasteiger partial charge on any atom is -0.466 e. The first-order valence-electron chi connectivity index (χ1n) is 7.53. The molecule has 2 atom stereocenters. The molecule has 0 aliphatic heterocycles. The number of nitrogens with two attached hydrogens (primary N) is 1. The Balaban J connectivity index is 1.79. The molecule has 1 aliphatic rings. The molecule has 2 aromatic rings. The monoisotopic (exact) mass is 366 g/mol. The molecule has 22 heavy (non-hydrogen) atoms. The summed E-state index contributed by atoms with van der Waals surface area (Å²) in [4.78, 5) is 20.4. The Kier molecular flexibility index (Phi) is 4.33. The molecule has 0 spiro atoms. The Morgan fingerprint density at radius 3 is 3.14 bits per heavy atom. The minimum absolute atomic E-state index is 0.101. The van der Waals surface area contributed by atoms with Gasteiger partial charge < -0.3 is 10.5 Å². The van der Waals surface area contributed by atoms with Gasteiger partial charge in [-0.05, 0) is 48.0 Å². The summed E-state index contributed by atoms with van der Waals surface area (Å²) in [5, 5.41) is 0. The zero-order valence-corrected chi connectivity index (χ0v) is 14.0. The van der Waals surface area contributed by atoms with E-state index in [9.17, 15) is 4.79 Å². The highest BCUT2D eigenvalue weighted by atomic mass is 79.9. The highest BCUT2D eigenvalue weighted by Gasteiger charge is 2.31. The van der Waals surface area contributed by atoms with Crippen LogP contribution in [-0.4, -0.2) is 26.9 Å². The third-order valence-electron chi connectivity index (χ3n) is 4.23. The van der Waals surface area contributed by atoms with E-state index in [1.54, 1.807) is 6.20 Å². The number of carbonyl (C=O) groups is 1. The van der Waals surface area contributed by atoms with Crippen LogP contribution in [0, 0.1) is 5.92 Å². The normalized spacial score (nSPS) is 21.4. The van der Waals surface area contributed by atoms with Crippen molar-refractivity contribution in [2.24, 2.45) is 5.92 Å². The molecule has 2 heterocycles.